The van der Waals surface area contributed by atoms with E-state index in [0.717, 1.165) is 6.54 Å². The molecule has 1 unspecified atom stereocenters. The zero-order chi connectivity index (χ0) is 14.5. The lowest BCUT2D eigenvalue weighted by Crippen LogP contribution is -2.45. The molecule has 2 heterocycles. The van der Waals surface area contributed by atoms with Gasteiger partial charge in [-0.15, -0.1) is 12.4 Å². The number of carbonyl (C=O) groups is 1. The lowest BCUT2D eigenvalue weighted by atomic mass is 10.2. The Morgan fingerprint density at radius 1 is 1.41 bits per heavy atom. The number of nitrogens with one attached hydrogen (secondary N) is 2. The zero-order valence-electron chi connectivity index (χ0n) is 12.1. The Kier molecular flexibility index (Phi) is 5.94. The van der Waals surface area contributed by atoms with Gasteiger partial charge in [-0.05, 0) is 5.56 Å². The van der Waals surface area contributed by atoms with Gasteiger partial charge in [0.2, 0.25) is 0 Å². The third-order valence-electron chi connectivity index (χ3n) is 3.31. The van der Waals surface area contributed by atoms with Crippen molar-refractivity contribution in [2.45, 2.75) is 12.6 Å². The number of rotatable bonds is 4. The van der Waals surface area contributed by atoms with Crippen molar-refractivity contribution in [3.05, 3.63) is 48.3 Å². The average Bonchev–Trinajstić information content (AvgIpc) is 2.96. The molecule has 22 heavy (non-hydrogen) atoms. The van der Waals surface area contributed by atoms with E-state index in [1.165, 1.54) is 5.56 Å². The standard InChI is InChI=1S/C15H18N4O2.ClH/c20-15(14-9-16-6-7-21-14)18-13-8-17-19(11-13)10-12-4-2-1-3-5-12;/h1-5,8,11,14,16H,6-7,9-10H2,(H,18,20);1H. The number of aromatic nitrogens is 2. The summed E-state index contributed by atoms with van der Waals surface area (Å²) in [7, 11) is 0. The first-order valence-corrected chi connectivity index (χ1v) is 7.01. The number of halogens is 1. The third kappa shape index (κ3) is 4.30. The topological polar surface area (TPSA) is 68.2 Å². The molecule has 0 radical (unpaired) electrons. The van der Waals surface area contributed by atoms with Crippen LogP contribution >= 0.6 is 12.4 Å². The molecule has 1 aliphatic rings. The predicted octanol–water partition coefficient (Wildman–Crippen LogP) is 1.28. The summed E-state index contributed by atoms with van der Waals surface area (Å²) in [6, 6.07) is 10.1. The van der Waals surface area contributed by atoms with Gasteiger partial charge in [0, 0.05) is 19.3 Å². The van der Waals surface area contributed by atoms with E-state index >= 15 is 0 Å². The molecule has 0 aliphatic carbocycles. The number of carbonyl (C=O) groups excluding carboxylic acids is 1. The second kappa shape index (κ2) is 7.93. The van der Waals surface area contributed by atoms with E-state index in [2.05, 4.69) is 15.7 Å². The van der Waals surface area contributed by atoms with Gasteiger partial charge in [-0.25, -0.2) is 0 Å². The van der Waals surface area contributed by atoms with Crippen molar-refractivity contribution in [1.82, 2.24) is 15.1 Å². The van der Waals surface area contributed by atoms with Crippen LogP contribution in [-0.2, 0) is 16.1 Å². The number of anilines is 1. The van der Waals surface area contributed by atoms with Crippen LogP contribution in [0.5, 0.6) is 0 Å². The molecular weight excluding hydrogens is 304 g/mol. The maximum absolute atomic E-state index is 12.0. The van der Waals surface area contributed by atoms with Gasteiger partial charge in [-0.1, -0.05) is 30.3 Å². The van der Waals surface area contributed by atoms with Crippen LogP contribution in [0.4, 0.5) is 5.69 Å². The summed E-state index contributed by atoms with van der Waals surface area (Å²) in [5.74, 6) is -0.138. The fraction of sp³-hybridized carbons (Fsp3) is 0.333. The minimum absolute atomic E-state index is 0. The van der Waals surface area contributed by atoms with Gasteiger partial charge in [0.25, 0.3) is 5.91 Å². The number of hydrogen-bond acceptors (Lipinski definition) is 4. The smallest absolute Gasteiger partial charge is 0.254 e. The van der Waals surface area contributed by atoms with Crippen LogP contribution in [-0.4, -0.2) is 41.5 Å². The monoisotopic (exact) mass is 322 g/mol. The van der Waals surface area contributed by atoms with Gasteiger partial charge in [-0.2, -0.15) is 5.10 Å². The van der Waals surface area contributed by atoms with E-state index in [0.29, 0.717) is 25.4 Å². The van der Waals surface area contributed by atoms with Crippen molar-refractivity contribution in [1.29, 1.82) is 0 Å². The van der Waals surface area contributed by atoms with Gasteiger partial charge in [0.1, 0.15) is 6.10 Å². The quantitative estimate of drug-likeness (QED) is 0.890. The van der Waals surface area contributed by atoms with Crippen LogP contribution in [0.3, 0.4) is 0 Å². The average molecular weight is 323 g/mol. The molecule has 118 valence electrons. The molecule has 1 fully saturated rings. The summed E-state index contributed by atoms with van der Waals surface area (Å²) in [6.45, 7) is 2.58. The van der Waals surface area contributed by atoms with Gasteiger partial charge in [0.15, 0.2) is 0 Å². The summed E-state index contributed by atoms with van der Waals surface area (Å²) in [5.41, 5.74) is 1.85. The van der Waals surface area contributed by atoms with Gasteiger partial charge < -0.3 is 15.4 Å². The summed E-state index contributed by atoms with van der Waals surface area (Å²) < 4.78 is 7.21. The fourth-order valence-corrected chi connectivity index (χ4v) is 2.24. The van der Waals surface area contributed by atoms with E-state index < -0.39 is 6.10 Å². The minimum atomic E-state index is -0.434. The molecule has 1 aromatic carbocycles. The highest BCUT2D eigenvalue weighted by atomic mass is 35.5. The normalized spacial score (nSPS) is 17.5. The van der Waals surface area contributed by atoms with E-state index in [9.17, 15) is 4.79 Å². The molecule has 2 N–H and O–H groups in total. The molecule has 1 atom stereocenters. The highest BCUT2D eigenvalue weighted by Gasteiger charge is 2.21. The maximum atomic E-state index is 12.0. The van der Waals surface area contributed by atoms with Crippen LogP contribution in [0, 0.1) is 0 Å². The van der Waals surface area contributed by atoms with Gasteiger partial charge in [0.05, 0.1) is 25.0 Å². The van der Waals surface area contributed by atoms with E-state index in [1.807, 2.05) is 36.5 Å². The summed E-state index contributed by atoms with van der Waals surface area (Å²) >= 11 is 0. The lowest BCUT2D eigenvalue weighted by molar-refractivity contribution is -0.128. The number of nitrogens with zero attached hydrogens (tertiary/aromatic N) is 2. The molecule has 3 rings (SSSR count). The fourth-order valence-electron chi connectivity index (χ4n) is 2.24. The number of amides is 1. The van der Waals surface area contributed by atoms with Crippen LogP contribution in [0.1, 0.15) is 5.56 Å². The zero-order valence-corrected chi connectivity index (χ0v) is 12.9. The molecule has 0 bridgehead atoms. The Bertz CT molecular complexity index is 597. The molecule has 1 amide bonds. The minimum Gasteiger partial charge on any atom is -0.366 e. The predicted molar refractivity (Wildman–Crippen MR) is 86.3 cm³/mol. The summed E-state index contributed by atoms with van der Waals surface area (Å²) in [5, 5.41) is 10.2. The summed E-state index contributed by atoms with van der Waals surface area (Å²) in [6.07, 6.45) is 3.04. The Hall–Kier alpha value is -1.89. The second-order valence-corrected chi connectivity index (χ2v) is 4.96. The first-order chi connectivity index (χ1) is 10.3. The molecule has 0 saturated carbocycles. The van der Waals surface area contributed by atoms with Crippen molar-refractivity contribution in [2.75, 3.05) is 25.0 Å². The van der Waals surface area contributed by atoms with Crippen LogP contribution < -0.4 is 10.6 Å². The number of benzene rings is 1. The van der Waals surface area contributed by atoms with E-state index in [4.69, 9.17) is 4.74 Å². The van der Waals surface area contributed by atoms with Crippen LogP contribution in [0.15, 0.2) is 42.7 Å². The molecular formula is C15H19ClN4O2. The van der Waals surface area contributed by atoms with Crippen molar-refractivity contribution in [3.8, 4) is 0 Å². The molecule has 6 nitrogen and oxygen atoms in total. The van der Waals surface area contributed by atoms with Gasteiger partial charge in [-0.3, -0.25) is 9.48 Å². The first kappa shape index (κ1) is 16.5. The van der Waals surface area contributed by atoms with Crippen LogP contribution in [0.2, 0.25) is 0 Å². The van der Waals surface area contributed by atoms with Crippen molar-refractivity contribution >= 4 is 24.0 Å². The SMILES string of the molecule is Cl.O=C(Nc1cnn(Cc2ccccc2)c1)C1CNCCO1. The lowest BCUT2D eigenvalue weighted by Gasteiger charge is -2.22. The van der Waals surface area contributed by atoms with Crippen molar-refractivity contribution in [2.24, 2.45) is 0 Å². The van der Waals surface area contributed by atoms with Crippen molar-refractivity contribution in [3.63, 3.8) is 0 Å². The molecule has 2 aromatic rings. The largest absolute Gasteiger partial charge is 0.366 e. The Balaban J connectivity index is 0.00000176. The maximum Gasteiger partial charge on any atom is 0.254 e. The second-order valence-electron chi connectivity index (χ2n) is 4.96. The molecule has 7 heteroatoms. The van der Waals surface area contributed by atoms with Gasteiger partial charge >= 0.3 is 0 Å². The number of ether oxygens (including phenoxy) is 1. The third-order valence-corrected chi connectivity index (χ3v) is 3.31. The number of morpholine rings is 1. The molecule has 0 spiro atoms. The number of hydrogen-bond donors (Lipinski definition) is 2. The highest BCUT2D eigenvalue weighted by molar-refractivity contribution is 5.94. The first-order valence-electron chi connectivity index (χ1n) is 7.01. The van der Waals surface area contributed by atoms with E-state index in [1.54, 1.807) is 10.9 Å². The van der Waals surface area contributed by atoms with E-state index in [-0.39, 0.29) is 18.3 Å². The summed E-state index contributed by atoms with van der Waals surface area (Å²) in [4.78, 5) is 12.0. The van der Waals surface area contributed by atoms with Crippen molar-refractivity contribution < 1.29 is 9.53 Å². The Labute approximate surface area is 135 Å². The molecule has 1 aliphatic heterocycles. The Morgan fingerprint density at radius 3 is 2.95 bits per heavy atom. The molecule has 1 saturated heterocycles. The highest BCUT2D eigenvalue weighted by Crippen LogP contribution is 2.09. The Morgan fingerprint density at radius 2 is 2.23 bits per heavy atom. The van der Waals surface area contributed by atoms with Crippen LogP contribution in [0.25, 0.3) is 0 Å². The molecule has 1 aromatic heterocycles.